The fourth-order valence-corrected chi connectivity index (χ4v) is 2.22. The molecule has 0 radical (unpaired) electrons. The molecule has 5 heteroatoms. The number of ether oxygens (including phenoxy) is 1. The van der Waals surface area contributed by atoms with Gasteiger partial charge in [-0.15, -0.1) is 0 Å². The molecule has 0 aromatic heterocycles. The molecule has 1 aromatic rings. The summed E-state index contributed by atoms with van der Waals surface area (Å²) in [6.45, 7) is 2.00. The highest BCUT2D eigenvalue weighted by Gasteiger charge is 2.17. The predicted molar refractivity (Wildman–Crippen MR) is 64.6 cm³/mol. The molecule has 3 N–H and O–H groups in total. The van der Waals surface area contributed by atoms with E-state index in [2.05, 4.69) is 15.9 Å². The van der Waals surface area contributed by atoms with E-state index in [9.17, 15) is 4.79 Å². The van der Waals surface area contributed by atoms with Crippen molar-refractivity contribution in [3.63, 3.8) is 0 Å². The van der Waals surface area contributed by atoms with E-state index < -0.39 is 12.0 Å². The van der Waals surface area contributed by atoms with Gasteiger partial charge in [0.25, 0.3) is 0 Å². The second kappa shape index (κ2) is 5.32. The molecule has 0 fully saturated rings. The first-order valence-electron chi connectivity index (χ1n) is 4.86. The second-order valence-electron chi connectivity index (χ2n) is 3.35. The lowest BCUT2D eigenvalue weighted by atomic mass is 10.0. The van der Waals surface area contributed by atoms with Gasteiger partial charge in [0.1, 0.15) is 11.8 Å². The third-order valence-corrected chi connectivity index (χ3v) is 3.08. The van der Waals surface area contributed by atoms with Crippen LogP contribution in [0.1, 0.15) is 24.1 Å². The van der Waals surface area contributed by atoms with Crippen molar-refractivity contribution in [2.45, 2.75) is 19.4 Å². The van der Waals surface area contributed by atoms with Crippen LogP contribution in [0.4, 0.5) is 0 Å². The van der Waals surface area contributed by atoms with Crippen LogP contribution in [0.2, 0.25) is 0 Å². The summed E-state index contributed by atoms with van der Waals surface area (Å²) in [5.74, 6) is -0.401. The first kappa shape index (κ1) is 13.0. The van der Waals surface area contributed by atoms with Gasteiger partial charge in [-0.25, -0.2) is 0 Å². The molecule has 0 saturated carbocycles. The zero-order valence-corrected chi connectivity index (χ0v) is 10.7. The number of halogens is 1. The van der Waals surface area contributed by atoms with Crippen LogP contribution in [0.25, 0.3) is 0 Å². The maximum atomic E-state index is 10.8. The number of carboxylic acid groups (broad SMARTS) is 1. The Bertz CT molecular complexity index is 406. The number of aliphatic carboxylic acids is 1. The number of hydrogen-bond donors (Lipinski definition) is 2. The van der Waals surface area contributed by atoms with Crippen molar-refractivity contribution in [3.05, 3.63) is 27.7 Å². The van der Waals surface area contributed by atoms with Crippen molar-refractivity contribution in [1.29, 1.82) is 0 Å². The molecule has 88 valence electrons. The van der Waals surface area contributed by atoms with Crippen LogP contribution in [0.5, 0.6) is 5.75 Å². The van der Waals surface area contributed by atoms with Crippen LogP contribution >= 0.6 is 15.9 Å². The standard InChI is InChI=1S/C11H14BrNO3/c1-3-7-8(12)4-6(5-9(7)16-2)10(13)11(14)15/h4-5,10H,3,13H2,1-2H3,(H,14,15). The molecule has 0 heterocycles. The lowest BCUT2D eigenvalue weighted by Gasteiger charge is -2.14. The maximum Gasteiger partial charge on any atom is 0.325 e. The summed E-state index contributed by atoms with van der Waals surface area (Å²) in [4.78, 5) is 10.8. The molecule has 1 unspecified atom stereocenters. The zero-order chi connectivity index (χ0) is 12.3. The molecule has 0 bridgehead atoms. The SMILES string of the molecule is CCc1c(Br)cc(C(N)C(=O)O)cc1OC. The second-order valence-corrected chi connectivity index (χ2v) is 4.21. The third kappa shape index (κ3) is 2.54. The topological polar surface area (TPSA) is 72.6 Å². The van der Waals surface area contributed by atoms with Crippen molar-refractivity contribution in [1.82, 2.24) is 0 Å². The summed E-state index contributed by atoms with van der Waals surface area (Å²) in [7, 11) is 1.55. The molecule has 1 aromatic carbocycles. The van der Waals surface area contributed by atoms with Crippen LogP contribution in [-0.4, -0.2) is 18.2 Å². The number of nitrogens with two attached hydrogens (primary N) is 1. The van der Waals surface area contributed by atoms with Gasteiger partial charge in [0.15, 0.2) is 0 Å². The lowest BCUT2D eigenvalue weighted by Crippen LogP contribution is -2.20. The van der Waals surface area contributed by atoms with Gasteiger partial charge in [-0.05, 0) is 24.1 Å². The minimum Gasteiger partial charge on any atom is -0.496 e. The minimum atomic E-state index is -1.06. The Hall–Kier alpha value is -1.07. The third-order valence-electron chi connectivity index (χ3n) is 2.38. The molecular formula is C11H14BrNO3. The van der Waals surface area contributed by atoms with Crippen molar-refractivity contribution in [3.8, 4) is 5.75 Å². The summed E-state index contributed by atoms with van der Waals surface area (Å²) in [5, 5.41) is 8.84. The Labute approximate surface area is 103 Å². The normalized spacial score (nSPS) is 12.2. The molecule has 1 atom stereocenters. The van der Waals surface area contributed by atoms with E-state index in [4.69, 9.17) is 15.6 Å². The molecule has 0 aliphatic carbocycles. The molecule has 4 nitrogen and oxygen atoms in total. The highest BCUT2D eigenvalue weighted by molar-refractivity contribution is 9.10. The van der Waals surface area contributed by atoms with E-state index in [0.717, 1.165) is 16.5 Å². The van der Waals surface area contributed by atoms with E-state index in [1.807, 2.05) is 6.92 Å². The Kier molecular flexibility index (Phi) is 4.32. The largest absolute Gasteiger partial charge is 0.496 e. The van der Waals surface area contributed by atoms with Crippen molar-refractivity contribution < 1.29 is 14.6 Å². The average molecular weight is 288 g/mol. The average Bonchev–Trinajstić information content (AvgIpc) is 2.26. The maximum absolute atomic E-state index is 10.8. The van der Waals surface area contributed by atoms with E-state index >= 15 is 0 Å². The number of carbonyl (C=O) groups is 1. The molecule has 0 amide bonds. The Balaban J connectivity index is 3.25. The molecule has 16 heavy (non-hydrogen) atoms. The summed E-state index contributed by atoms with van der Waals surface area (Å²) < 4.78 is 6.03. The molecule has 1 rings (SSSR count). The van der Waals surface area contributed by atoms with Gasteiger partial charge in [-0.3, -0.25) is 4.79 Å². The van der Waals surface area contributed by atoms with Crippen LogP contribution in [-0.2, 0) is 11.2 Å². The van der Waals surface area contributed by atoms with Gasteiger partial charge < -0.3 is 15.6 Å². The van der Waals surface area contributed by atoms with E-state index in [1.165, 1.54) is 0 Å². The molecule has 0 aliphatic heterocycles. The molecule has 0 aliphatic rings. The number of benzene rings is 1. The number of methoxy groups -OCH3 is 1. The number of carboxylic acids is 1. The van der Waals surface area contributed by atoms with Crippen LogP contribution in [0, 0.1) is 0 Å². The summed E-state index contributed by atoms with van der Waals surface area (Å²) in [6.07, 6.45) is 0.798. The van der Waals surface area contributed by atoms with Crippen LogP contribution in [0.3, 0.4) is 0 Å². The van der Waals surface area contributed by atoms with Gasteiger partial charge in [-0.1, -0.05) is 22.9 Å². The van der Waals surface area contributed by atoms with Gasteiger partial charge >= 0.3 is 5.97 Å². The number of rotatable bonds is 4. The van der Waals surface area contributed by atoms with Crippen LogP contribution in [0.15, 0.2) is 16.6 Å². The first-order chi connectivity index (χ1) is 7.51. The van der Waals surface area contributed by atoms with Crippen molar-refractivity contribution in [2.24, 2.45) is 5.73 Å². The predicted octanol–water partition coefficient (Wildman–Crippen LogP) is 2.10. The first-order valence-corrected chi connectivity index (χ1v) is 5.65. The van der Waals surface area contributed by atoms with Crippen LogP contribution < -0.4 is 10.5 Å². The Morgan fingerprint density at radius 1 is 1.62 bits per heavy atom. The Morgan fingerprint density at radius 3 is 2.69 bits per heavy atom. The minimum absolute atomic E-state index is 0.522. The summed E-state index contributed by atoms with van der Waals surface area (Å²) in [6, 6.07) is 2.36. The molecule has 0 saturated heterocycles. The highest BCUT2D eigenvalue weighted by Crippen LogP contribution is 2.31. The zero-order valence-electron chi connectivity index (χ0n) is 9.16. The monoisotopic (exact) mass is 287 g/mol. The van der Waals surface area contributed by atoms with Crippen molar-refractivity contribution in [2.75, 3.05) is 7.11 Å². The lowest BCUT2D eigenvalue weighted by molar-refractivity contribution is -0.138. The Morgan fingerprint density at radius 2 is 2.25 bits per heavy atom. The number of hydrogen-bond acceptors (Lipinski definition) is 3. The van der Waals surface area contributed by atoms with Gasteiger partial charge in [0.2, 0.25) is 0 Å². The molecular weight excluding hydrogens is 274 g/mol. The fraction of sp³-hybridized carbons (Fsp3) is 0.364. The van der Waals surface area contributed by atoms with Gasteiger partial charge in [-0.2, -0.15) is 0 Å². The van der Waals surface area contributed by atoms with E-state index in [0.29, 0.717) is 11.3 Å². The quantitative estimate of drug-likeness (QED) is 0.890. The highest BCUT2D eigenvalue weighted by atomic mass is 79.9. The smallest absolute Gasteiger partial charge is 0.325 e. The van der Waals surface area contributed by atoms with Gasteiger partial charge in [0, 0.05) is 10.0 Å². The summed E-state index contributed by atoms with van der Waals surface area (Å²) in [5.41, 5.74) is 7.07. The summed E-state index contributed by atoms with van der Waals surface area (Å²) >= 11 is 3.39. The molecule has 0 spiro atoms. The van der Waals surface area contributed by atoms with Crippen molar-refractivity contribution >= 4 is 21.9 Å². The van der Waals surface area contributed by atoms with E-state index in [-0.39, 0.29) is 0 Å². The fourth-order valence-electron chi connectivity index (χ4n) is 1.48. The van der Waals surface area contributed by atoms with E-state index in [1.54, 1.807) is 19.2 Å². The van der Waals surface area contributed by atoms with Gasteiger partial charge in [0.05, 0.1) is 7.11 Å².